The van der Waals surface area contributed by atoms with Crippen LogP contribution < -0.4 is 5.32 Å². The summed E-state index contributed by atoms with van der Waals surface area (Å²) in [5, 5.41) is 20.1. The zero-order valence-corrected chi connectivity index (χ0v) is 11.9. The number of nitrogens with zero attached hydrogens (tertiary/aromatic N) is 2. The monoisotopic (exact) mass is 308 g/mol. The number of rotatable bonds is 4. The minimum Gasteiger partial charge on any atom is -0.322 e. The topological polar surface area (TPSA) is 101 Å². The van der Waals surface area contributed by atoms with E-state index in [0.717, 1.165) is 11.3 Å². The number of nitro benzene ring substituents is 1. The predicted molar refractivity (Wildman–Crippen MR) is 85.1 cm³/mol. The molecule has 0 spiro atoms. The minimum atomic E-state index is -0.504. The van der Waals surface area contributed by atoms with Gasteiger partial charge in [-0.2, -0.15) is 5.10 Å². The molecule has 0 aliphatic heterocycles. The van der Waals surface area contributed by atoms with Gasteiger partial charge in [-0.1, -0.05) is 12.1 Å². The van der Waals surface area contributed by atoms with Crippen LogP contribution in [0.3, 0.4) is 0 Å². The van der Waals surface area contributed by atoms with Crippen LogP contribution in [0.25, 0.3) is 11.3 Å². The third kappa shape index (κ3) is 3.24. The predicted octanol–water partition coefficient (Wildman–Crippen LogP) is 3.24. The number of anilines is 1. The first kappa shape index (κ1) is 14.5. The van der Waals surface area contributed by atoms with Crippen molar-refractivity contribution in [2.45, 2.75) is 0 Å². The Hall–Kier alpha value is -3.48. The highest BCUT2D eigenvalue weighted by molar-refractivity contribution is 6.04. The Bertz CT molecular complexity index is 842. The molecule has 0 radical (unpaired) electrons. The number of aromatic amines is 1. The summed E-state index contributed by atoms with van der Waals surface area (Å²) in [6, 6.07) is 14.6. The zero-order valence-electron chi connectivity index (χ0n) is 11.9. The lowest BCUT2D eigenvalue weighted by molar-refractivity contribution is -0.384. The number of carbonyl (C=O) groups is 1. The first-order valence-corrected chi connectivity index (χ1v) is 6.79. The summed E-state index contributed by atoms with van der Waals surface area (Å²) >= 11 is 0. The van der Waals surface area contributed by atoms with E-state index >= 15 is 0 Å². The van der Waals surface area contributed by atoms with Crippen LogP contribution >= 0.6 is 0 Å². The van der Waals surface area contributed by atoms with E-state index in [-0.39, 0.29) is 11.6 Å². The summed E-state index contributed by atoms with van der Waals surface area (Å²) in [6.07, 6.45) is 1.65. The molecule has 0 unspecified atom stereocenters. The molecule has 0 aliphatic carbocycles. The van der Waals surface area contributed by atoms with Gasteiger partial charge in [0.15, 0.2) is 0 Å². The average Bonchev–Trinajstić information content (AvgIpc) is 3.10. The number of hydrogen-bond acceptors (Lipinski definition) is 4. The smallest absolute Gasteiger partial charge is 0.269 e. The van der Waals surface area contributed by atoms with Gasteiger partial charge < -0.3 is 5.32 Å². The first-order valence-electron chi connectivity index (χ1n) is 6.79. The molecule has 3 rings (SSSR count). The summed E-state index contributed by atoms with van der Waals surface area (Å²) in [5.41, 5.74) is 2.66. The lowest BCUT2D eigenvalue weighted by atomic mass is 10.1. The van der Waals surface area contributed by atoms with Gasteiger partial charge in [0.1, 0.15) is 0 Å². The molecule has 114 valence electrons. The molecule has 0 fully saturated rings. The summed E-state index contributed by atoms with van der Waals surface area (Å²) in [7, 11) is 0. The van der Waals surface area contributed by atoms with Crippen LogP contribution in [0.15, 0.2) is 60.8 Å². The SMILES string of the molecule is O=C(Nc1cccc(-c2ccn[nH]2)c1)c1ccc([N+](=O)[O-])cc1. The molecular formula is C16H12N4O3. The van der Waals surface area contributed by atoms with E-state index in [9.17, 15) is 14.9 Å². The van der Waals surface area contributed by atoms with E-state index in [1.807, 2.05) is 24.3 Å². The highest BCUT2D eigenvalue weighted by atomic mass is 16.6. The van der Waals surface area contributed by atoms with Gasteiger partial charge >= 0.3 is 0 Å². The molecule has 2 aromatic carbocycles. The Morgan fingerprint density at radius 1 is 1.13 bits per heavy atom. The maximum absolute atomic E-state index is 12.2. The second-order valence-corrected chi connectivity index (χ2v) is 4.81. The van der Waals surface area contributed by atoms with Gasteiger partial charge in [0.2, 0.25) is 0 Å². The fraction of sp³-hybridized carbons (Fsp3) is 0. The van der Waals surface area contributed by atoms with E-state index in [0.29, 0.717) is 11.3 Å². The summed E-state index contributed by atoms with van der Waals surface area (Å²) in [5.74, 6) is -0.332. The molecule has 1 amide bonds. The molecule has 1 heterocycles. The Morgan fingerprint density at radius 2 is 1.91 bits per heavy atom. The number of H-pyrrole nitrogens is 1. The fourth-order valence-electron chi connectivity index (χ4n) is 2.12. The molecule has 0 bridgehead atoms. The van der Waals surface area contributed by atoms with Gasteiger partial charge in [-0.25, -0.2) is 0 Å². The minimum absolute atomic E-state index is 0.0530. The molecule has 7 heteroatoms. The van der Waals surface area contributed by atoms with Gasteiger partial charge in [-0.3, -0.25) is 20.0 Å². The van der Waals surface area contributed by atoms with Crippen LogP contribution in [-0.4, -0.2) is 21.0 Å². The quantitative estimate of drug-likeness (QED) is 0.570. The van der Waals surface area contributed by atoms with Gasteiger partial charge in [-0.05, 0) is 30.3 Å². The van der Waals surface area contributed by atoms with Gasteiger partial charge in [0, 0.05) is 35.1 Å². The van der Waals surface area contributed by atoms with E-state index in [1.54, 1.807) is 12.3 Å². The molecule has 1 aromatic heterocycles. The molecular weight excluding hydrogens is 296 g/mol. The van der Waals surface area contributed by atoms with E-state index in [4.69, 9.17) is 0 Å². The Morgan fingerprint density at radius 3 is 2.57 bits per heavy atom. The number of nitro groups is 1. The van der Waals surface area contributed by atoms with Gasteiger partial charge in [0.25, 0.3) is 11.6 Å². The largest absolute Gasteiger partial charge is 0.322 e. The maximum Gasteiger partial charge on any atom is 0.269 e. The van der Waals surface area contributed by atoms with Crippen molar-refractivity contribution in [3.63, 3.8) is 0 Å². The van der Waals surface area contributed by atoms with Crippen LogP contribution in [0.1, 0.15) is 10.4 Å². The molecule has 0 saturated heterocycles. The molecule has 7 nitrogen and oxygen atoms in total. The summed E-state index contributed by atoms with van der Waals surface area (Å²) in [6.45, 7) is 0. The summed E-state index contributed by atoms with van der Waals surface area (Å²) in [4.78, 5) is 22.3. The number of benzene rings is 2. The number of non-ortho nitro benzene ring substituents is 1. The maximum atomic E-state index is 12.2. The highest BCUT2D eigenvalue weighted by Gasteiger charge is 2.10. The number of amides is 1. The number of hydrogen-bond donors (Lipinski definition) is 2. The van der Waals surface area contributed by atoms with Crippen molar-refractivity contribution >= 4 is 17.3 Å². The summed E-state index contributed by atoms with van der Waals surface area (Å²) < 4.78 is 0. The molecule has 0 atom stereocenters. The van der Waals surface area contributed by atoms with Crippen LogP contribution in [0, 0.1) is 10.1 Å². The third-order valence-electron chi connectivity index (χ3n) is 3.27. The van der Waals surface area contributed by atoms with Gasteiger partial charge in [-0.15, -0.1) is 0 Å². The average molecular weight is 308 g/mol. The second-order valence-electron chi connectivity index (χ2n) is 4.81. The molecule has 0 saturated carbocycles. The number of aromatic nitrogens is 2. The van der Waals surface area contributed by atoms with E-state index in [2.05, 4.69) is 15.5 Å². The molecule has 3 aromatic rings. The second kappa shape index (κ2) is 6.10. The van der Waals surface area contributed by atoms with E-state index in [1.165, 1.54) is 24.3 Å². The normalized spacial score (nSPS) is 10.3. The van der Waals surface area contributed by atoms with Crippen LogP contribution in [0.2, 0.25) is 0 Å². The molecule has 23 heavy (non-hydrogen) atoms. The Balaban J connectivity index is 1.77. The third-order valence-corrected chi connectivity index (χ3v) is 3.27. The van der Waals surface area contributed by atoms with Crippen molar-refractivity contribution in [2.24, 2.45) is 0 Å². The first-order chi connectivity index (χ1) is 11.1. The van der Waals surface area contributed by atoms with Crippen LogP contribution in [-0.2, 0) is 0 Å². The van der Waals surface area contributed by atoms with Crippen molar-refractivity contribution in [1.82, 2.24) is 10.2 Å². The van der Waals surface area contributed by atoms with Crippen molar-refractivity contribution < 1.29 is 9.72 Å². The number of carbonyl (C=O) groups excluding carboxylic acids is 1. The molecule has 2 N–H and O–H groups in total. The lowest BCUT2D eigenvalue weighted by Gasteiger charge is -2.07. The Labute approximate surface area is 131 Å². The van der Waals surface area contributed by atoms with Crippen molar-refractivity contribution in [3.8, 4) is 11.3 Å². The van der Waals surface area contributed by atoms with Gasteiger partial charge in [0.05, 0.1) is 10.6 Å². The number of nitrogens with one attached hydrogen (secondary N) is 2. The van der Waals surface area contributed by atoms with Crippen LogP contribution in [0.5, 0.6) is 0 Å². The molecule has 0 aliphatic rings. The highest BCUT2D eigenvalue weighted by Crippen LogP contribution is 2.21. The fourth-order valence-corrected chi connectivity index (χ4v) is 2.12. The van der Waals surface area contributed by atoms with Crippen molar-refractivity contribution in [3.05, 3.63) is 76.5 Å². The van der Waals surface area contributed by atoms with Crippen LogP contribution in [0.4, 0.5) is 11.4 Å². The lowest BCUT2D eigenvalue weighted by Crippen LogP contribution is -2.11. The standard InChI is InChI=1S/C16H12N4O3/c21-16(11-4-6-14(7-5-11)20(22)23)18-13-3-1-2-12(10-13)15-8-9-17-19-15/h1-10H,(H,17,19)(H,18,21). The van der Waals surface area contributed by atoms with Crippen molar-refractivity contribution in [2.75, 3.05) is 5.32 Å². The zero-order chi connectivity index (χ0) is 16.2. The van der Waals surface area contributed by atoms with Crippen molar-refractivity contribution in [1.29, 1.82) is 0 Å². The van der Waals surface area contributed by atoms with E-state index < -0.39 is 4.92 Å². The Kier molecular flexibility index (Phi) is 3.84.